The number of ketones is 1. The second-order valence-electron chi connectivity index (χ2n) is 4.78. The van der Waals surface area contributed by atoms with Gasteiger partial charge in [-0.2, -0.15) is 0 Å². The molecule has 0 fully saturated rings. The van der Waals surface area contributed by atoms with Crippen LogP contribution in [0.3, 0.4) is 0 Å². The van der Waals surface area contributed by atoms with Gasteiger partial charge in [-0.1, -0.05) is 44.2 Å². The fourth-order valence-electron chi connectivity index (χ4n) is 2.01. The van der Waals surface area contributed by atoms with Gasteiger partial charge in [-0.3, -0.25) is 9.59 Å². The predicted molar refractivity (Wildman–Crippen MR) is 76.9 cm³/mol. The van der Waals surface area contributed by atoms with Crippen LogP contribution in [0.5, 0.6) is 0 Å². The number of hydrogen-bond donors (Lipinski definition) is 1. The van der Waals surface area contributed by atoms with Crippen molar-refractivity contribution in [2.24, 2.45) is 0 Å². The highest BCUT2D eigenvalue weighted by molar-refractivity contribution is 5.89. The van der Waals surface area contributed by atoms with Gasteiger partial charge >= 0.3 is 0 Å². The Morgan fingerprint density at radius 1 is 1.05 bits per heavy atom. The van der Waals surface area contributed by atoms with Crippen LogP contribution in [-0.4, -0.2) is 17.7 Å². The molecule has 3 nitrogen and oxygen atoms in total. The van der Waals surface area contributed by atoms with Crippen LogP contribution in [0.1, 0.15) is 45.1 Å². The van der Waals surface area contributed by atoms with E-state index in [-0.39, 0.29) is 17.7 Å². The van der Waals surface area contributed by atoms with Crippen LogP contribution in [0, 0.1) is 0 Å². The smallest absolute Gasteiger partial charge is 0.220 e. The highest BCUT2D eigenvalue weighted by Crippen LogP contribution is 2.07. The monoisotopic (exact) mass is 261 g/mol. The first-order chi connectivity index (χ1) is 9.17. The van der Waals surface area contributed by atoms with E-state index in [1.54, 1.807) is 0 Å². The molecule has 0 spiro atoms. The van der Waals surface area contributed by atoms with E-state index in [9.17, 15) is 9.59 Å². The van der Waals surface area contributed by atoms with Crippen molar-refractivity contribution in [1.29, 1.82) is 0 Å². The second kappa shape index (κ2) is 8.46. The molecule has 0 saturated heterocycles. The van der Waals surface area contributed by atoms with E-state index in [2.05, 4.69) is 5.32 Å². The predicted octanol–water partition coefficient (Wildman–Crippen LogP) is 2.88. The van der Waals surface area contributed by atoms with Crippen molar-refractivity contribution in [1.82, 2.24) is 5.32 Å². The summed E-state index contributed by atoms with van der Waals surface area (Å²) in [5.41, 5.74) is 1.08. The summed E-state index contributed by atoms with van der Waals surface area (Å²) in [6.07, 6.45) is 3.18. The van der Waals surface area contributed by atoms with Crippen molar-refractivity contribution in [2.45, 2.75) is 52.0 Å². The van der Waals surface area contributed by atoms with E-state index in [4.69, 9.17) is 0 Å². The Hall–Kier alpha value is -1.64. The Kier molecular flexibility index (Phi) is 6.86. The zero-order chi connectivity index (χ0) is 14.1. The summed E-state index contributed by atoms with van der Waals surface area (Å²) in [7, 11) is 0. The van der Waals surface area contributed by atoms with Crippen molar-refractivity contribution < 1.29 is 9.59 Å². The molecule has 1 unspecified atom stereocenters. The number of amides is 1. The van der Waals surface area contributed by atoms with Crippen molar-refractivity contribution in [2.75, 3.05) is 0 Å². The van der Waals surface area contributed by atoms with Crippen LogP contribution in [0.4, 0.5) is 0 Å². The van der Waals surface area contributed by atoms with Crippen molar-refractivity contribution in [3.05, 3.63) is 35.9 Å². The summed E-state index contributed by atoms with van der Waals surface area (Å²) in [6, 6.07) is 9.43. The Bertz CT molecular complexity index is 400. The van der Waals surface area contributed by atoms with Crippen LogP contribution < -0.4 is 5.32 Å². The highest BCUT2D eigenvalue weighted by Gasteiger charge is 2.19. The minimum absolute atomic E-state index is 0.0344. The van der Waals surface area contributed by atoms with E-state index < -0.39 is 0 Å². The summed E-state index contributed by atoms with van der Waals surface area (Å²) in [4.78, 5) is 23.8. The number of rotatable bonds is 8. The molecule has 0 saturated carbocycles. The van der Waals surface area contributed by atoms with Crippen molar-refractivity contribution >= 4 is 11.7 Å². The lowest BCUT2D eigenvalue weighted by molar-refractivity contribution is -0.127. The average molecular weight is 261 g/mol. The lowest BCUT2D eigenvalue weighted by Gasteiger charge is -2.17. The molecule has 3 heteroatoms. The minimum atomic E-state index is -0.388. The molecule has 0 aromatic heterocycles. The number of benzene rings is 1. The van der Waals surface area contributed by atoms with Gasteiger partial charge in [0, 0.05) is 12.8 Å². The third kappa shape index (κ3) is 5.69. The maximum Gasteiger partial charge on any atom is 0.220 e. The van der Waals surface area contributed by atoms with Gasteiger partial charge < -0.3 is 5.32 Å². The van der Waals surface area contributed by atoms with Crippen molar-refractivity contribution in [3.63, 3.8) is 0 Å². The molecule has 1 atom stereocenters. The second-order valence-corrected chi connectivity index (χ2v) is 4.78. The third-order valence-corrected chi connectivity index (χ3v) is 2.98. The van der Waals surface area contributed by atoms with Crippen molar-refractivity contribution in [3.8, 4) is 0 Å². The molecule has 1 aromatic rings. The quantitative estimate of drug-likeness (QED) is 0.782. The molecule has 0 bridgehead atoms. The maximum absolute atomic E-state index is 12.1. The molecule has 1 aromatic carbocycles. The Labute approximate surface area is 115 Å². The summed E-state index contributed by atoms with van der Waals surface area (Å²) >= 11 is 0. The van der Waals surface area contributed by atoms with E-state index >= 15 is 0 Å². The maximum atomic E-state index is 12.1. The summed E-state index contributed by atoms with van der Waals surface area (Å²) < 4.78 is 0. The first-order valence-corrected chi connectivity index (χ1v) is 7.03. The van der Waals surface area contributed by atoms with E-state index in [0.29, 0.717) is 19.3 Å². The number of hydrogen-bond acceptors (Lipinski definition) is 2. The normalized spacial score (nSPS) is 11.9. The van der Waals surface area contributed by atoms with E-state index in [1.165, 1.54) is 0 Å². The molecule has 19 heavy (non-hydrogen) atoms. The van der Waals surface area contributed by atoms with Gasteiger partial charge in [0.2, 0.25) is 5.91 Å². The molecule has 0 radical (unpaired) electrons. The number of Topliss-reactive ketones (excluding diaryl/α,β-unsaturated/α-hetero) is 1. The van der Waals surface area contributed by atoms with Gasteiger partial charge in [0.05, 0.1) is 6.04 Å². The summed E-state index contributed by atoms with van der Waals surface area (Å²) in [5.74, 6) is 0.0868. The Morgan fingerprint density at radius 2 is 1.68 bits per heavy atom. The minimum Gasteiger partial charge on any atom is -0.346 e. The molecule has 1 N–H and O–H groups in total. The van der Waals surface area contributed by atoms with E-state index in [1.807, 2.05) is 44.2 Å². The number of carbonyl (C=O) groups is 2. The van der Waals surface area contributed by atoms with Crippen LogP contribution in [0.2, 0.25) is 0 Å². The zero-order valence-electron chi connectivity index (χ0n) is 11.8. The number of nitrogens with one attached hydrogen (secondary N) is 1. The van der Waals surface area contributed by atoms with Crippen LogP contribution in [-0.2, 0) is 16.0 Å². The van der Waals surface area contributed by atoms with Gasteiger partial charge in [0.1, 0.15) is 0 Å². The fourth-order valence-corrected chi connectivity index (χ4v) is 2.01. The first kappa shape index (κ1) is 15.4. The average Bonchev–Trinajstić information content (AvgIpc) is 2.40. The zero-order valence-corrected chi connectivity index (χ0v) is 11.8. The van der Waals surface area contributed by atoms with Gasteiger partial charge in [0.15, 0.2) is 5.78 Å². The van der Waals surface area contributed by atoms with Gasteiger partial charge in [-0.05, 0) is 24.8 Å². The lowest BCUT2D eigenvalue weighted by Crippen LogP contribution is -2.42. The molecular weight excluding hydrogens is 238 g/mol. The highest BCUT2D eigenvalue weighted by atomic mass is 16.2. The van der Waals surface area contributed by atoms with Crippen LogP contribution >= 0.6 is 0 Å². The largest absolute Gasteiger partial charge is 0.346 e. The fraction of sp³-hybridized carbons (Fsp3) is 0.500. The SMILES string of the molecule is CCCC(=O)NC(Cc1ccccc1)C(=O)CCC. The Balaban J connectivity index is 2.69. The number of carbonyl (C=O) groups excluding carboxylic acids is 2. The van der Waals surface area contributed by atoms with Crippen LogP contribution in [0.25, 0.3) is 0 Å². The molecule has 0 aliphatic heterocycles. The van der Waals surface area contributed by atoms with E-state index in [0.717, 1.165) is 18.4 Å². The molecule has 104 valence electrons. The topological polar surface area (TPSA) is 46.2 Å². The lowest BCUT2D eigenvalue weighted by atomic mass is 9.99. The molecular formula is C16H23NO2. The van der Waals surface area contributed by atoms with Gasteiger partial charge in [0.25, 0.3) is 0 Å². The third-order valence-electron chi connectivity index (χ3n) is 2.98. The molecule has 0 aliphatic rings. The Morgan fingerprint density at radius 3 is 2.26 bits per heavy atom. The summed E-state index contributed by atoms with van der Waals surface area (Å²) in [5, 5.41) is 2.86. The molecule has 1 rings (SSSR count). The van der Waals surface area contributed by atoms with Crippen LogP contribution in [0.15, 0.2) is 30.3 Å². The molecule has 0 heterocycles. The van der Waals surface area contributed by atoms with Gasteiger partial charge in [-0.15, -0.1) is 0 Å². The molecule has 1 amide bonds. The van der Waals surface area contributed by atoms with Gasteiger partial charge in [-0.25, -0.2) is 0 Å². The molecule has 0 aliphatic carbocycles. The standard InChI is InChI=1S/C16H23NO2/c1-3-8-15(18)14(17-16(19)9-4-2)12-13-10-6-5-7-11-13/h5-7,10-11,14H,3-4,8-9,12H2,1-2H3,(H,17,19). The summed E-state index contributed by atoms with van der Waals surface area (Å²) in [6.45, 7) is 3.94. The first-order valence-electron chi connectivity index (χ1n) is 7.03.